The lowest BCUT2D eigenvalue weighted by molar-refractivity contribution is 0.567. The van der Waals surface area contributed by atoms with Gasteiger partial charge in [-0.05, 0) is 0 Å². The van der Waals surface area contributed by atoms with Crippen LogP contribution in [0, 0.1) is 11.3 Å². The first-order chi connectivity index (χ1) is 3.66. The lowest BCUT2D eigenvalue weighted by Crippen LogP contribution is -1.94. The summed E-state index contributed by atoms with van der Waals surface area (Å²) in [5.41, 5.74) is 0.130. The maximum absolute atomic E-state index is 9.87. The van der Waals surface area contributed by atoms with Crippen molar-refractivity contribution in [2.24, 2.45) is 0 Å². The topological polar surface area (TPSA) is 61.1 Å². The first-order valence-electron chi connectivity index (χ1n) is 1.82. The molecule has 1 unspecified atom stereocenters. The summed E-state index contributed by atoms with van der Waals surface area (Å²) >= 11 is -1.92. The van der Waals surface area contributed by atoms with Gasteiger partial charge >= 0.3 is 0 Å². The third-order valence-corrected chi connectivity index (χ3v) is 1.05. The van der Waals surface area contributed by atoms with E-state index in [1.165, 1.54) is 0 Å². The highest BCUT2D eigenvalue weighted by atomic mass is 32.2. The molecule has 0 aliphatic rings. The highest BCUT2D eigenvalue weighted by Crippen LogP contribution is 1.87. The molecule has 0 amide bonds. The van der Waals surface area contributed by atoms with Gasteiger partial charge in [0.05, 0.1) is 11.8 Å². The third-order valence-electron chi connectivity index (χ3n) is 0.456. The van der Waals surface area contributed by atoms with Gasteiger partial charge in [0.25, 0.3) is 0 Å². The molecule has 44 valence electrons. The molecule has 1 N–H and O–H groups in total. The normalized spacial score (nSPS) is 12.0. The maximum Gasteiger partial charge on any atom is 0.158 e. The highest BCUT2D eigenvalue weighted by Gasteiger charge is 1.94. The van der Waals surface area contributed by atoms with Crippen LogP contribution in [0.1, 0.15) is 0 Å². The van der Waals surface area contributed by atoms with E-state index in [-0.39, 0.29) is 11.3 Å². The van der Waals surface area contributed by atoms with Gasteiger partial charge in [0.1, 0.15) is 0 Å². The van der Waals surface area contributed by atoms with Gasteiger partial charge in [-0.3, -0.25) is 0 Å². The van der Waals surface area contributed by atoms with Crippen molar-refractivity contribution in [3.63, 3.8) is 0 Å². The second kappa shape index (κ2) is 3.36. The molecule has 0 aromatic rings. The van der Waals surface area contributed by atoms with E-state index >= 15 is 0 Å². The van der Waals surface area contributed by atoms with Crippen LogP contribution in [-0.4, -0.2) is 14.5 Å². The Morgan fingerprint density at radius 2 is 2.50 bits per heavy atom. The van der Waals surface area contributed by atoms with Crippen LogP contribution in [0.4, 0.5) is 0 Å². The standard InChI is InChI=1S/C4H5NO2S/c1-4(2-5)3-8(6)7/h1,3H2,(H,6,7). The molecule has 0 saturated heterocycles. The Bertz CT molecular complexity index is 158. The number of nitriles is 1. The van der Waals surface area contributed by atoms with Gasteiger partial charge in [0, 0.05) is 5.57 Å². The SMILES string of the molecule is C=C(C#N)CS(=O)O. The van der Waals surface area contributed by atoms with E-state index in [4.69, 9.17) is 9.81 Å². The van der Waals surface area contributed by atoms with Gasteiger partial charge in [0.15, 0.2) is 11.1 Å². The predicted octanol–water partition coefficient (Wildman–Crippen LogP) is 0.288. The average Bonchev–Trinajstić information content (AvgIpc) is 1.65. The van der Waals surface area contributed by atoms with Crippen molar-refractivity contribution in [2.75, 3.05) is 5.75 Å². The molecule has 0 bridgehead atoms. The van der Waals surface area contributed by atoms with Gasteiger partial charge in [0.2, 0.25) is 0 Å². The van der Waals surface area contributed by atoms with E-state index < -0.39 is 11.1 Å². The Kier molecular flexibility index (Phi) is 3.08. The monoisotopic (exact) mass is 131 g/mol. The average molecular weight is 131 g/mol. The van der Waals surface area contributed by atoms with Crippen molar-refractivity contribution < 1.29 is 8.76 Å². The van der Waals surface area contributed by atoms with E-state index in [1.54, 1.807) is 6.07 Å². The van der Waals surface area contributed by atoms with E-state index in [1.807, 2.05) is 0 Å². The third kappa shape index (κ3) is 3.53. The lowest BCUT2D eigenvalue weighted by atomic mass is 10.4. The highest BCUT2D eigenvalue weighted by molar-refractivity contribution is 7.79. The number of nitrogens with zero attached hydrogens (tertiary/aromatic N) is 1. The second-order valence-corrected chi connectivity index (χ2v) is 2.11. The van der Waals surface area contributed by atoms with E-state index in [2.05, 4.69) is 6.58 Å². The Hall–Kier alpha value is -0.660. The number of rotatable bonds is 2. The Balaban J connectivity index is 3.61. The van der Waals surface area contributed by atoms with Crippen molar-refractivity contribution in [1.29, 1.82) is 5.26 Å². The van der Waals surface area contributed by atoms with Crippen LogP contribution >= 0.6 is 0 Å². The molecule has 0 aromatic carbocycles. The maximum atomic E-state index is 9.87. The summed E-state index contributed by atoms with van der Waals surface area (Å²) < 4.78 is 18.0. The fraction of sp³-hybridized carbons (Fsp3) is 0.250. The minimum atomic E-state index is -1.92. The van der Waals surface area contributed by atoms with Crippen LogP contribution in [0.2, 0.25) is 0 Å². The molecule has 0 aliphatic heterocycles. The molecule has 3 nitrogen and oxygen atoms in total. The molecular weight excluding hydrogens is 126 g/mol. The molecule has 0 heterocycles. The van der Waals surface area contributed by atoms with Gasteiger partial charge in [-0.2, -0.15) is 5.26 Å². The summed E-state index contributed by atoms with van der Waals surface area (Å²) in [5, 5.41) is 7.99. The van der Waals surface area contributed by atoms with Crippen LogP contribution in [0.5, 0.6) is 0 Å². The van der Waals surface area contributed by atoms with E-state index in [9.17, 15) is 4.21 Å². The Morgan fingerprint density at radius 1 is 2.00 bits per heavy atom. The van der Waals surface area contributed by atoms with Crippen LogP contribution in [-0.2, 0) is 11.1 Å². The first kappa shape index (κ1) is 7.34. The fourth-order valence-corrected chi connectivity index (χ4v) is 0.544. The summed E-state index contributed by atoms with van der Waals surface area (Å²) in [6.07, 6.45) is 0. The fourth-order valence-electron chi connectivity index (χ4n) is 0.181. The molecule has 0 saturated carbocycles. The van der Waals surface area contributed by atoms with E-state index in [0.717, 1.165) is 0 Å². The molecule has 1 atom stereocenters. The van der Waals surface area contributed by atoms with Crippen molar-refractivity contribution >= 4 is 11.1 Å². The molecule has 0 radical (unpaired) electrons. The molecule has 8 heavy (non-hydrogen) atoms. The lowest BCUT2D eigenvalue weighted by Gasteiger charge is -1.85. The summed E-state index contributed by atoms with van der Waals surface area (Å²) in [6, 6.07) is 1.65. The Labute approximate surface area is 49.9 Å². The van der Waals surface area contributed by atoms with Crippen molar-refractivity contribution in [3.8, 4) is 6.07 Å². The van der Waals surface area contributed by atoms with Crippen molar-refractivity contribution in [2.45, 2.75) is 0 Å². The molecule has 0 spiro atoms. The summed E-state index contributed by atoms with van der Waals surface area (Å²) in [4.78, 5) is 0. The number of hydrogen-bond donors (Lipinski definition) is 1. The van der Waals surface area contributed by atoms with Gasteiger partial charge in [-0.25, -0.2) is 4.21 Å². The minimum absolute atomic E-state index is 0.130. The smallest absolute Gasteiger partial charge is 0.158 e. The summed E-state index contributed by atoms with van der Waals surface area (Å²) in [6.45, 7) is 3.20. The Morgan fingerprint density at radius 3 is 2.62 bits per heavy atom. The van der Waals surface area contributed by atoms with Crippen LogP contribution < -0.4 is 0 Å². The zero-order valence-corrected chi connectivity index (χ0v) is 4.94. The molecule has 0 aliphatic carbocycles. The zero-order valence-electron chi connectivity index (χ0n) is 4.13. The van der Waals surface area contributed by atoms with Crippen molar-refractivity contribution in [1.82, 2.24) is 0 Å². The number of hydrogen-bond acceptors (Lipinski definition) is 2. The van der Waals surface area contributed by atoms with Crippen LogP contribution in [0.3, 0.4) is 0 Å². The van der Waals surface area contributed by atoms with Gasteiger partial charge < -0.3 is 4.55 Å². The molecule has 4 heteroatoms. The summed E-state index contributed by atoms with van der Waals surface area (Å²) in [5.74, 6) is -0.142. The predicted molar refractivity (Wildman–Crippen MR) is 30.4 cm³/mol. The molecule has 0 aromatic heterocycles. The summed E-state index contributed by atoms with van der Waals surface area (Å²) in [7, 11) is 0. The van der Waals surface area contributed by atoms with Gasteiger partial charge in [-0.15, -0.1) is 0 Å². The van der Waals surface area contributed by atoms with Gasteiger partial charge in [-0.1, -0.05) is 6.58 Å². The molecular formula is C4H5NO2S. The van der Waals surface area contributed by atoms with E-state index in [0.29, 0.717) is 0 Å². The largest absolute Gasteiger partial charge is 0.306 e. The molecule has 0 rings (SSSR count). The zero-order chi connectivity index (χ0) is 6.57. The molecule has 0 fully saturated rings. The second-order valence-electron chi connectivity index (χ2n) is 1.18. The van der Waals surface area contributed by atoms with Crippen molar-refractivity contribution in [3.05, 3.63) is 12.2 Å². The van der Waals surface area contributed by atoms with Crippen LogP contribution in [0.15, 0.2) is 12.2 Å². The first-order valence-corrected chi connectivity index (χ1v) is 3.09. The van der Waals surface area contributed by atoms with Crippen LogP contribution in [0.25, 0.3) is 0 Å². The minimum Gasteiger partial charge on any atom is -0.306 e. The quantitative estimate of drug-likeness (QED) is 0.432.